The Balaban J connectivity index is 1.32. The van der Waals surface area contributed by atoms with Crippen molar-refractivity contribution in [2.24, 2.45) is 5.92 Å². The van der Waals surface area contributed by atoms with Crippen LogP contribution >= 0.6 is 0 Å². The van der Waals surface area contributed by atoms with Gasteiger partial charge in [-0.05, 0) is 56.1 Å². The van der Waals surface area contributed by atoms with Crippen molar-refractivity contribution in [3.63, 3.8) is 0 Å². The summed E-state index contributed by atoms with van der Waals surface area (Å²) in [4.78, 5) is 38.0. The second kappa shape index (κ2) is 9.72. The van der Waals surface area contributed by atoms with Gasteiger partial charge in [0.05, 0.1) is 6.54 Å². The minimum atomic E-state index is -0.928. The zero-order valence-corrected chi connectivity index (χ0v) is 19.5. The molecule has 1 unspecified atom stereocenters. The van der Waals surface area contributed by atoms with Crippen molar-refractivity contribution in [2.45, 2.75) is 101 Å². The Bertz CT molecular complexity index is 978. The number of imide groups is 1. The van der Waals surface area contributed by atoms with E-state index in [-0.39, 0.29) is 48.7 Å². The lowest BCUT2D eigenvalue weighted by atomic mass is 9.78. The quantitative estimate of drug-likeness (QED) is 0.641. The number of hydrogen-bond donors (Lipinski definition) is 2. The molecule has 4 atom stereocenters. The molecule has 34 heavy (non-hydrogen) atoms. The van der Waals surface area contributed by atoms with Crippen molar-refractivity contribution in [2.75, 3.05) is 0 Å². The Labute approximate surface area is 198 Å². The van der Waals surface area contributed by atoms with Crippen LogP contribution in [0.25, 0.3) is 0 Å². The molecule has 184 valence electrons. The Morgan fingerprint density at radius 2 is 1.79 bits per heavy atom. The number of nitrogens with one attached hydrogen (secondary N) is 2. The molecule has 2 heterocycles. The molecule has 1 saturated heterocycles. The molecule has 2 aliphatic carbocycles. The fourth-order valence-electron chi connectivity index (χ4n) is 6.33. The van der Waals surface area contributed by atoms with Crippen LogP contribution in [0.5, 0.6) is 0 Å². The van der Waals surface area contributed by atoms with Crippen LogP contribution in [0, 0.1) is 11.7 Å². The molecule has 1 aromatic carbocycles. The molecule has 1 aromatic rings. The van der Waals surface area contributed by atoms with Gasteiger partial charge in [-0.25, -0.2) is 8.78 Å². The van der Waals surface area contributed by atoms with Crippen LogP contribution in [0.15, 0.2) is 12.1 Å². The van der Waals surface area contributed by atoms with E-state index in [1.165, 1.54) is 24.2 Å². The van der Waals surface area contributed by atoms with E-state index in [0.717, 1.165) is 25.7 Å². The molecule has 2 aliphatic heterocycles. The third-order valence-electron chi connectivity index (χ3n) is 8.20. The first-order valence-corrected chi connectivity index (χ1v) is 12.8. The van der Waals surface area contributed by atoms with Crippen molar-refractivity contribution < 1.29 is 23.2 Å². The third-order valence-corrected chi connectivity index (χ3v) is 8.20. The SMILES string of the molecule is O=C1CCC(N2Cc3c(ccc(C[C@H]4CCC[C@@H](F)[C@@H]4NC4CCCCC4)c3F)C2=O)C(=O)N1. The van der Waals surface area contributed by atoms with Crippen LogP contribution in [0.1, 0.15) is 85.7 Å². The normalized spacial score (nSPS) is 30.4. The third kappa shape index (κ3) is 4.49. The van der Waals surface area contributed by atoms with E-state index in [0.29, 0.717) is 30.0 Å². The highest BCUT2D eigenvalue weighted by molar-refractivity contribution is 6.05. The zero-order chi connectivity index (χ0) is 23.8. The highest BCUT2D eigenvalue weighted by Gasteiger charge is 2.41. The topological polar surface area (TPSA) is 78.5 Å². The van der Waals surface area contributed by atoms with E-state index < -0.39 is 23.9 Å². The Kier molecular flexibility index (Phi) is 6.69. The maximum atomic E-state index is 15.6. The van der Waals surface area contributed by atoms with Gasteiger partial charge in [0.1, 0.15) is 18.0 Å². The van der Waals surface area contributed by atoms with Crippen LogP contribution in [0.4, 0.5) is 8.78 Å². The molecular weight excluding hydrogens is 440 g/mol. The van der Waals surface area contributed by atoms with Gasteiger partial charge in [0.25, 0.3) is 5.91 Å². The Morgan fingerprint density at radius 1 is 1.00 bits per heavy atom. The smallest absolute Gasteiger partial charge is 0.255 e. The van der Waals surface area contributed by atoms with E-state index in [2.05, 4.69) is 10.6 Å². The minimum Gasteiger partial charge on any atom is -0.322 e. The number of carbonyl (C=O) groups is 3. The van der Waals surface area contributed by atoms with Gasteiger partial charge in [0, 0.05) is 29.6 Å². The molecule has 3 fully saturated rings. The average molecular weight is 474 g/mol. The van der Waals surface area contributed by atoms with Crippen molar-refractivity contribution in [1.82, 2.24) is 15.5 Å². The molecule has 5 rings (SSSR count). The van der Waals surface area contributed by atoms with Gasteiger partial charge in [-0.1, -0.05) is 31.7 Å². The van der Waals surface area contributed by atoms with Crippen molar-refractivity contribution >= 4 is 17.7 Å². The summed E-state index contributed by atoms with van der Waals surface area (Å²) in [6.45, 7) is 0.0142. The fourth-order valence-corrected chi connectivity index (χ4v) is 6.33. The molecule has 0 spiro atoms. The number of benzene rings is 1. The van der Waals surface area contributed by atoms with Gasteiger partial charge < -0.3 is 10.2 Å². The molecule has 0 aromatic heterocycles. The first-order valence-electron chi connectivity index (χ1n) is 12.8. The summed E-state index contributed by atoms with van der Waals surface area (Å²) in [5.41, 5.74) is 1.08. The first kappa shape index (κ1) is 23.4. The maximum Gasteiger partial charge on any atom is 0.255 e. The van der Waals surface area contributed by atoms with Crippen LogP contribution < -0.4 is 10.6 Å². The highest BCUT2D eigenvalue weighted by Crippen LogP contribution is 2.35. The van der Waals surface area contributed by atoms with Gasteiger partial charge in [-0.15, -0.1) is 0 Å². The number of hydrogen-bond acceptors (Lipinski definition) is 4. The van der Waals surface area contributed by atoms with Crippen LogP contribution in [0.3, 0.4) is 0 Å². The molecule has 8 heteroatoms. The van der Waals surface area contributed by atoms with E-state index in [1.807, 2.05) is 0 Å². The van der Waals surface area contributed by atoms with Gasteiger partial charge in [-0.3, -0.25) is 19.7 Å². The van der Waals surface area contributed by atoms with E-state index in [4.69, 9.17) is 0 Å². The summed E-state index contributed by atoms with van der Waals surface area (Å²) in [5.74, 6) is -1.66. The van der Waals surface area contributed by atoms with E-state index in [9.17, 15) is 18.8 Å². The van der Waals surface area contributed by atoms with Gasteiger partial charge in [0.15, 0.2) is 0 Å². The molecule has 2 N–H and O–H groups in total. The zero-order valence-electron chi connectivity index (χ0n) is 19.5. The molecule has 2 saturated carbocycles. The summed E-state index contributed by atoms with van der Waals surface area (Å²) >= 11 is 0. The number of halogens is 2. The lowest BCUT2D eigenvalue weighted by Crippen LogP contribution is -2.52. The number of nitrogens with zero attached hydrogens (tertiary/aromatic N) is 1. The summed E-state index contributed by atoms with van der Waals surface area (Å²) in [6, 6.07) is 2.59. The van der Waals surface area contributed by atoms with Crippen molar-refractivity contribution in [3.05, 3.63) is 34.6 Å². The monoisotopic (exact) mass is 473 g/mol. The molecule has 0 radical (unpaired) electrons. The van der Waals surface area contributed by atoms with Crippen LogP contribution in [0.2, 0.25) is 0 Å². The largest absolute Gasteiger partial charge is 0.322 e. The van der Waals surface area contributed by atoms with Gasteiger partial charge in [-0.2, -0.15) is 0 Å². The average Bonchev–Trinajstić information content (AvgIpc) is 3.15. The summed E-state index contributed by atoms with van der Waals surface area (Å²) in [7, 11) is 0. The maximum absolute atomic E-state index is 15.6. The number of fused-ring (bicyclic) bond motifs is 1. The van der Waals surface area contributed by atoms with Gasteiger partial charge >= 0.3 is 0 Å². The predicted octanol–water partition coefficient (Wildman–Crippen LogP) is 3.56. The lowest BCUT2D eigenvalue weighted by Gasteiger charge is -2.38. The van der Waals surface area contributed by atoms with Crippen LogP contribution in [-0.2, 0) is 22.6 Å². The summed E-state index contributed by atoms with van der Waals surface area (Å²) in [6.07, 6.45) is 7.81. The standard InChI is InChI=1S/C26H33F2N3O3/c27-20-8-4-5-16(24(20)29-17-6-2-1-3-7-17)13-15-9-10-18-19(23(15)28)14-31(26(18)34)21-11-12-22(32)30-25(21)33/h9-10,16-17,20-21,24,29H,1-8,11-14H2,(H,30,32,33)/t16-,20-,21?,24-/m1/s1. The van der Waals surface area contributed by atoms with Crippen LogP contribution in [-0.4, -0.2) is 46.9 Å². The molecular formula is C26H33F2N3O3. The minimum absolute atomic E-state index is 0.00145. The van der Waals surface area contributed by atoms with Gasteiger partial charge in [0.2, 0.25) is 11.8 Å². The van der Waals surface area contributed by atoms with E-state index in [1.54, 1.807) is 12.1 Å². The highest BCUT2D eigenvalue weighted by atomic mass is 19.1. The molecule has 6 nitrogen and oxygen atoms in total. The predicted molar refractivity (Wildman–Crippen MR) is 122 cm³/mol. The Morgan fingerprint density at radius 3 is 2.56 bits per heavy atom. The Hall–Kier alpha value is -2.35. The fraction of sp³-hybridized carbons (Fsp3) is 0.654. The number of alkyl halides is 1. The number of rotatable bonds is 5. The summed E-state index contributed by atoms with van der Waals surface area (Å²) < 4.78 is 30.6. The number of piperidine rings is 1. The lowest BCUT2D eigenvalue weighted by molar-refractivity contribution is -0.136. The second-order valence-corrected chi connectivity index (χ2v) is 10.4. The second-order valence-electron chi connectivity index (χ2n) is 10.4. The van der Waals surface area contributed by atoms with E-state index >= 15 is 4.39 Å². The summed E-state index contributed by atoms with van der Waals surface area (Å²) in [5, 5.41) is 5.85. The first-order chi connectivity index (χ1) is 16.4. The number of carbonyl (C=O) groups excluding carboxylic acids is 3. The molecule has 3 amide bonds. The van der Waals surface area contributed by atoms with Crippen molar-refractivity contribution in [1.29, 1.82) is 0 Å². The van der Waals surface area contributed by atoms with Crippen molar-refractivity contribution in [3.8, 4) is 0 Å². The molecule has 4 aliphatic rings. The number of amides is 3. The molecule has 0 bridgehead atoms.